The van der Waals surface area contributed by atoms with Crippen molar-refractivity contribution in [2.45, 2.75) is 0 Å². The Bertz CT molecular complexity index is 490. The normalized spacial score (nSPS) is 10.6. The number of rotatable bonds is 7. The molecule has 102 valence electrons. The van der Waals surface area contributed by atoms with Crippen LogP contribution in [0.5, 0.6) is 0 Å². The van der Waals surface area contributed by atoms with Crippen molar-refractivity contribution < 1.29 is 4.74 Å². The number of hydrogen-bond donors (Lipinski definition) is 0. The van der Waals surface area contributed by atoms with Crippen molar-refractivity contribution in [2.24, 2.45) is 0 Å². The number of anilines is 1. The number of alkyl halides is 1. The molecular weight excluding hydrogens is 310 g/mol. The van der Waals surface area contributed by atoms with Crippen molar-refractivity contribution in [1.29, 1.82) is 0 Å². The third-order valence-corrected chi connectivity index (χ3v) is 3.01. The maximum Gasteiger partial charge on any atom is 0.250 e. The van der Waals surface area contributed by atoms with Crippen molar-refractivity contribution in [3.8, 4) is 5.69 Å². The molecule has 0 radical (unpaired) electrons. The summed E-state index contributed by atoms with van der Waals surface area (Å²) in [5.74, 6) is 0.725. The monoisotopic (exact) mass is 325 g/mol. The molecule has 1 heterocycles. The number of tetrazole rings is 1. The molecule has 1 aromatic heterocycles. The maximum atomic E-state index is 5.13. The van der Waals surface area contributed by atoms with E-state index in [9.17, 15) is 0 Å². The molecule has 0 atom stereocenters. The largest absolute Gasteiger partial charge is 0.383 e. The predicted octanol–water partition coefficient (Wildman–Crippen LogP) is 1.51. The number of halogens is 1. The van der Waals surface area contributed by atoms with Crippen molar-refractivity contribution in [1.82, 2.24) is 20.2 Å². The average molecular weight is 326 g/mol. The summed E-state index contributed by atoms with van der Waals surface area (Å²) in [6, 6.07) is 9.84. The van der Waals surface area contributed by atoms with E-state index in [0.717, 1.165) is 30.1 Å². The lowest BCUT2D eigenvalue weighted by Gasteiger charge is -2.21. The Morgan fingerprint density at radius 1 is 1.26 bits per heavy atom. The highest BCUT2D eigenvalue weighted by atomic mass is 79.9. The van der Waals surface area contributed by atoms with Gasteiger partial charge in [0.1, 0.15) is 0 Å². The number of nitrogens with zero attached hydrogens (tertiary/aromatic N) is 5. The first-order valence-corrected chi connectivity index (χ1v) is 7.12. The van der Waals surface area contributed by atoms with E-state index >= 15 is 0 Å². The van der Waals surface area contributed by atoms with Crippen LogP contribution in [-0.4, -0.2) is 52.3 Å². The third kappa shape index (κ3) is 3.51. The molecule has 0 N–H and O–H groups in total. The SMILES string of the molecule is COCCN(CCBr)c1nnnn1-c1ccccc1. The van der Waals surface area contributed by atoms with Crippen LogP contribution < -0.4 is 4.90 Å². The maximum absolute atomic E-state index is 5.13. The standard InChI is InChI=1S/C12H16BrN5O/c1-19-10-9-17(8-7-13)12-14-15-16-18(12)11-5-3-2-4-6-11/h2-6H,7-10H2,1H3. The zero-order valence-corrected chi connectivity index (χ0v) is 12.3. The summed E-state index contributed by atoms with van der Waals surface area (Å²) in [7, 11) is 1.69. The number of para-hydroxylation sites is 1. The first-order valence-electron chi connectivity index (χ1n) is 6.00. The molecule has 6 nitrogen and oxygen atoms in total. The molecule has 0 aliphatic heterocycles. The van der Waals surface area contributed by atoms with E-state index < -0.39 is 0 Å². The fourth-order valence-corrected chi connectivity index (χ4v) is 2.16. The second-order valence-electron chi connectivity index (χ2n) is 3.90. The minimum absolute atomic E-state index is 0.634. The first-order chi connectivity index (χ1) is 9.36. The summed E-state index contributed by atoms with van der Waals surface area (Å²) >= 11 is 3.45. The summed E-state index contributed by atoms with van der Waals surface area (Å²) in [6.07, 6.45) is 0. The highest BCUT2D eigenvalue weighted by Crippen LogP contribution is 2.15. The van der Waals surface area contributed by atoms with E-state index in [1.165, 1.54) is 0 Å². The summed E-state index contributed by atoms with van der Waals surface area (Å²) in [5, 5.41) is 12.8. The van der Waals surface area contributed by atoms with Crippen LogP contribution in [-0.2, 0) is 4.74 Å². The van der Waals surface area contributed by atoms with Gasteiger partial charge >= 0.3 is 0 Å². The van der Waals surface area contributed by atoms with Gasteiger partial charge < -0.3 is 9.64 Å². The Morgan fingerprint density at radius 2 is 2.05 bits per heavy atom. The predicted molar refractivity (Wildman–Crippen MR) is 77.0 cm³/mol. The summed E-state index contributed by atoms with van der Waals surface area (Å²) < 4.78 is 6.86. The van der Waals surface area contributed by atoms with E-state index in [-0.39, 0.29) is 0 Å². The molecule has 0 fully saturated rings. The van der Waals surface area contributed by atoms with Crippen LogP contribution in [0.3, 0.4) is 0 Å². The lowest BCUT2D eigenvalue weighted by molar-refractivity contribution is 0.205. The first kappa shape index (κ1) is 14.0. The molecule has 0 amide bonds. The van der Waals surface area contributed by atoms with Gasteiger partial charge in [-0.3, -0.25) is 0 Å². The van der Waals surface area contributed by atoms with Gasteiger partial charge in [0.2, 0.25) is 5.95 Å². The molecular formula is C12H16BrN5O. The molecule has 1 aromatic carbocycles. The number of hydrogen-bond acceptors (Lipinski definition) is 5. The summed E-state index contributed by atoms with van der Waals surface area (Å²) in [6.45, 7) is 2.19. The number of methoxy groups -OCH3 is 1. The van der Waals surface area contributed by atoms with Crippen LogP contribution in [0.4, 0.5) is 5.95 Å². The minimum Gasteiger partial charge on any atom is -0.383 e. The molecule has 19 heavy (non-hydrogen) atoms. The van der Waals surface area contributed by atoms with Crippen LogP contribution >= 0.6 is 15.9 Å². The molecule has 0 aliphatic rings. The second-order valence-corrected chi connectivity index (χ2v) is 4.69. The molecule has 0 spiro atoms. The number of ether oxygens (including phenoxy) is 1. The third-order valence-electron chi connectivity index (χ3n) is 2.66. The van der Waals surface area contributed by atoms with E-state index in [2.05, 4.69) is 36.4 Å². The molecule has 0 saturated carbocycles. The van der Waals surface area contributed by atoms with Gasteiger partial charge in [0.25, 0.3) is 0 Å². The van der Waals surface area contributed by atoms with Crippen molar-refractivity contribution in [3.05, 3.63) is 30.3 Å². The zero-order chi connectivity index (χ0) is 13.5. The van der Waals surface area contributed by atoms with E-state index in [1.54, 1.807) is 11.8 Å². The van der Waals surface area contributed by atoms with Gasteiger partial charge in [-0.15, -0.1) is 0 Å². The van der Waals surface area contributed by atoms with E-state index in [4.69, 9.17) is 4.74 Å². The van der Waals surface area contributed by atoms with Gasteiger partial charge in [0.05, 0.1) is 12.3 Å². The molecule has 0 bridgehead atoms. The van der Waals surface area contributed by atoms with Gasteiger partial charge in [-0.1, -0.05) is 39.2 Å². The molecule has 0 aliphatic carbocycles. The van der Waals surface area contributed by atoms with Crippen LogP contribution in [0.25, 0.3) is 5.69 Å². The van der Waals surface area contributed by atoms with Gasteiger partial charge in [0.15, 0.2) is 0 Å². The fraction of sp³-hybridized carbons (Fsp3) is 0.417. The Balaban J connectivity index is 2.26. The van der Waals surface area contributed by atoms with Crippen molar-refractivity contribution in [2.75, 3.05) is 37.0 Å². The van der Waals surface area contributed by atoms with Gasteiger partial charge in [0, 0.05) is 25.5 Å². The quantitative estimate of drug-likeness (QED) is 0.722. The average Bonchev–Trinajstić information content (AvgIpc) is 2.93. The Hall–Kier alpha value is -1.47. The molecule has 7 heteroatoms. The van der Waals surface area contributed by atoms with Gasteiger partial charge in [-0.05, 0) is 22.6 Å². The van der Waals surface area contributed by atoms with Crippen LogP contribution in [0.1, 0.15) is 0 Å². The van der Waals surface area contributed by atoms with Crippen LogP contribution in [0.2, 0.25) is 0 Å². The van der Waals surface area contributed by atoms with Crippen LogP contribution in [0.15, 0.2) is 30.3 Å². The van der Waals surface area contributed by atoms with Crippen LogP contribution in [0, 0.1) is 0 Å². The Labute approximate surface area is 120 Å². The fourth-order valence-electron chi connectivity index (χ4n) is 1.73. The molecule has 0 unspecified atom stereocenters. The van der Waals surface area contributed by atoms with Crippen molar-refractivity contribution >= 4 is 21.9 Å². The highest BCUT2D eigenvalue weighted by Gasteiger charge is 2.15. The Kier molecular flexibility index (Phi) is 5.29. The Morgan fingerprint density at radius 3 is 2.74 bits per heavy atom. The van der Waals surface area contributed by atoms with E-state index in [0.29, 0.717) is 6.61 Å². The molecule has 2 rings (SSSR count). The van der Waals surface area contributed by atoms with E-state index in [1.807, 2.05) is 30.3 Å². The zero-order valence-electron chi connectivity index (χ0n) is 10.7. The molecule has 2 aromatic rings. The lowest BCUT2D eigenvalue weighted by Crippen LogP contribution is -2.31. The highest BCUT2D eigenvalue weighted by molar-refractivity contribution is 9.09. The minimum atomic E-state index is 0.634. The molecule has 0 saturated heterocycles. The lowest BCUT2D eigenvalue weighted by atomic mass is 10.3. The number of benzene rings is 1. The van der Waals surface area contributed by atoms with Gasteiger partial charge in [-0.2, -0.15) is 4.68 Å². The second kappa shape index (κ2) is 7.20. The summed E-state index contributed by atoms with van der Waals surface area (Å²) in [5.41, 5.74) is 0.944. The smallest absolute Gasteiger partial charge is 0.250 e. The number of aromatic nitrogens is 4. The topological polar surface area (TPSA) is 56.1 Å². The summed E-state index contributed by atoms with van der Waals surface area (Å²) in [4.78, 5) is 2.09. The van der Waals surface area contributed by atoms with Gasteiger partial charge in [-0.25, -0.2) is 0 Å². The van der Waals surface area contributed by atoms with Crippen molar-refractivity contribution in [3.63, 3.8) is 0 Å².